The molecule has 110 valence electrons. The Bertz CT molecular complexity index is 613. The van der Waals surface area contributed by atoms with Gasteiger partial charge in [0, 0.05) is 18.4 Å². The standard InChI is InChI=1S/C16H17FN2O2/c1-11-5-15(20)19(16(21)6-11)10-13-7-12(3-2-4-18)8-14(17)9-13/h7-9,11H,4-6,10,18H2,1H3. The number of benzene rings is 1. The third kappa shape index (κ3) is 3.89. The molecule has 1 aliphatic heterocycles. The number of hydrogen-bond acceptors (Lipinski definition) is 3. The van der Waals surface area contributed by atoms with Gasteiger partial charge in [0.25, 0.3) is 0 Å². The summed E-state index contributed by atoms with van der Waals surface area (Å²) in [5, 5.41) is 0. The Hall–Kier alpha value is -2.19. The predicted octanol–water partition coefficient (Wildman–Crippen LogP) is 1.42. The van der Waals surface area contributed by atoms with Crippen LogP contribution in [-0.2, 0) is 16.1 Å². The topological polar surface area (TPSA) is 63.4 Å². The van der Waals surface area contributed by atoms with E-state index in [0.717, 1.165) is 0 Å². The Labute approximate surface area is 123 Å². The normalized spacial score (nSPS) is 15.9. The Morgan fingerprint density at radius 3 is 2.57 bits per heavy atom. The highest BCUT2D eigenvalue weighted by Crippen LogP contribution is 2.21. The average molecular weight is 288 g/mol. The number of likely N-dealkylation sites (tertiary alicyclic amines) is 1. The average Bonchev–Trinajstić information content (AvgIpc) is 2.40. The maximum absolute atomic E-state index is 13.6. The molecule has 1 aromatic rings. The minimum absolute atomic E-state index is 0.0692. The third-order valence-corrected chi connectivity index (χ3v) is 3.28. The molecule has 0 aliphatic carbocycles. The van der Waals surface area contributed by atoms with E-state index in [1.54, 1.807) is 6.07 Å². The lowest BCUT2D eigenvalue weighted by Crippen LogP contribution is -2.42. The molecule has 1 saturated heterocycles. The summed E-state index contributed by atoms with van der Waals surface area (Å²) in [4.78, 5) is 25.0. The van der Waals surface area contributed by atoms with E-state index in [1.807, 2.05) is 6.92 Å². The maximum Gasteiger partial charge on any atom is 0.229 e. The lowest BCUT2D eigenvalue weighted by Gasteiger charge is -2.28. The Balaban J connectivity index is 2.21. The van der Waals surface area contributed by atoms with Crippen LogP contribution in [0.5, 0.6) is 0 Å². The molecule has 0 radical (unpaired) electrons. The monoisotopic (exact) mass is 288 g/mol. The summed E-state index contributed by atoms with van der Waals surface area (Å²) in [7, 11) is 0. The van der Waals surface area contributed by atoms with Gasteiger partial charge in [-0.05, 0) is 29.7 Å². The second-order valence-electron chi connectivity index (χ2n) is 5.24. The molecule has 0 aromatic heterocycles. The summed E-state index contributed by atoms with van der Waals surface area (Å²) < 4.78 is 13.6. The first-order valence-corrected chi connectivity index (χ1v) is 6.81. The molecule has 0 unspecified atom stereocenters. The van der Waals surface area contributed by atoms with Gasteiger partial charge in [-0.3, -0.25) is 14.5 Å². The Morgan fingerprint density at radius 2 is 1.95 bits per heavy atom. The van der Waals surface area contributed by atoms with Gasteiger partial charge in [0.05, 0.1) is 13.1 Å². The highest BCUT2D eigenvalue weighted by molar-refractivity contribution is 5.97. The van der Waals surface area contributed by atoms with Gasteiger partial charge in [0.1, 0.15) is 5.82 Å². The minimum atomic E-state index is -0.445. The van der Waals surface area contributed by atoms with Crippen LogP contribution in [0, 0.1) is 23.6 Å². The SMILES string of the molecule is CC1CC(=O)N(Cc2cc(F)cc(C#CCN)c2)C(=O)C1. The number of nitrogens with two attached hydrogens (primary N) is 1. The summed E-state index contributed by atoms with van der Waals surface area (Å²) in [6.07, 6.45) is 0.696. The molecule has 1 aromatic carbocycles. The molecule has 0 spiro atoms. The molecule has 0 atom stereocenters. The second kappa shape index (κ2) is 6.51. The number of carbonyl (C=O) groups excluding carboxylic acids is 2. The van der Waals surface area contributed by atoms with Crippen LogP contribution in [0.4, 0.5) is 4.39 Å². The van der Waals surface area contributed by atoms with Gasteiger partial charge < -0.3 is 5.73 Å². The fraction of sp³-hybridized carbons (Fsp3) is 0.375. The first kappa shape index (κ1) is 15.2. The molecule has 0 saturated carbocycles. The van der Waals surface area contributed by atoms with Crippen LogP contribution in [0.1, 0.15) is 30.9 Å². The maximum atomic E-state index is 13.6. The summed E-state index contributed by atoms with van der Waals surface area (Å²) >= 11 is 0. The van der Waals surface area contributed by atoms with Crippen LogP contribution in [0.3, 0.4) is 0 Å². The summed E-state index contributed by atoms with van der Waals surface area (Å²) in [5.74, 6) is 4.60. The number of hydrogen-bond donors (Lipinski definition) is 1. The zero-order valence-corrected chi connectivity index (χ0v) is 11.9. The van der Waals surface area contributed by atoms with E-state index in [1.165, 1.54) is 17.0 Å². The minimum Gasteiger partial charge on any atom is -0.320 e. The first-order valence-electron chi connectivity index (χ1n) is 6.81. The third-order valence-electron chi connectivity index (χ3n) is 3.28. The Kier molecular flexibility index (Phi) is 4.71. The van der Waals surface area contributed by atoms with Crippen molar-refractivity contribution in [1.82, 2.24) is 4.90 Å². The second-order valence-corrected chi connectivity index (χ2v) is 5.24. The smallest absolute Gasteiger partial charge is 0.229 e. The van der Waals surface area contributed by atoms with Crippen molar-refractivity contribution in [1.29, 1.82) is 0 Å². The Morgan fingerprint density at radius 1 is 1.29 bits per heavy atom. The molecule has 2 N–H and O–H groups in total. The zero-order valence-electron chi connectivity index (χ0n) is 11.9. The fourth-order valence-corrected chi connectivity index (χ4v) is 2.35. The van der Waals surface area contributed by atoms with Gasteiger partial charge in [-0.15, -0.1) is 0 Å². The fourth-order valence-electron chi connectivity index (χ4n) is 2.35. The number of halogens is 1. The van der Waals surface area contributed by atoms with Crippen molar-refractivity contribution in [3.63, 3.8) is 0 Å². The van der Waals surface area contributed by atoms with E-state index in [0.29, 0.717) is 24.0 Å². The molecule has 2 amide bonds. The molecular formula is C16H17FN2O2. The van der Waals surface area contributed by atoms with E-state index in [-0.39, 0.29) is 30.8 Å². The summed E-state index contributed by atoms with van der Waals surface area (Å²) in [6.45, 7) is 2.14. The number of imide groups is 1. The van der Waals surface area contributed by atoms with Crippen molar-refractivity contribution in [3.05, 3.63) is 35.1 Å². The predicted molar refractivity (Wildman–Crippen MR) is 76.3 cm³/mol. The number of carbonyl (C=O) groups is 2. The summed E-state index contributed by atoms with van der Waals surface area (Å²) in [6, 6.07) is 4.28. The van der Waals surface area contributed by atoms with Crippen molar-refractivity contribution in [2.45, 2.75) is 26.3 Å². The van der Waals surface area contributed by atoms with Crippen LogP contribution in [0.2, 0.25) is 0 Å². The van der Waals surface area contributed by atoms with Crippen LogP contribution < -0.4 is 5.73 Å². The van der Waals surface area contributed by atoms with Gasteiger partial charge in [-0.25, -0.2) is 4.39 Å². The molecular weight excluding hydrogens is 271 g/mol. The lowest BCUT2D eigenvalue weighted by atomic mass is 9.97. The van der Waals surface area contributed by atoms with E-state index < -0.39 is 5.82 Å². The van der Waals surface area contributed by atoms with Crippen molar-refractivity contribution in [2.75, 3.05) is 6.54 Å². The number of nitrogens with zero attached hydrogens (tertiary/aromatic N) is 1. The van der Waals surface area contributed by atoms with E-state index >= 15 is 0 Å². The number of amides is 2. The molecule has 5 heteroatoms. The van der Waals surface area contributed by atoms with Crippen molar-refractivity contribution < 1.29 is 14.0 Å². The van der Waals surface area contributed by atoms with Crippen LogP contribution in [-0.4, -0.2) is 23.3 Å². The largest absolute Gasteiger partial charge is 0.320 e. The van der Waals surface area contributed by atoms with E-state index in [9.17, 15) is 14.0 Å². The quantitative estimate of drug-likeness (QED) is 0.661. The van der Waals surface area contributed by atoms with Crippen LogP contribution >= 0.6 is 0 Å². The summed E-state index contributed by atoms with van der Waals surface area (Å²) in [5.41, 5.74) is 6.32. The molecule has 1 fully saturated rings. The molecule has 2 rings (SSSR count). The molecule has 21 heavy (non-hydrogen) atoms. The van der Waals surface area contributed by atoms with Gasteiger partial charge in [0.2, 0.25) is 11.8 Å². The van der Waals surface area contributed by atoms with E-state index in [4.69, 9.17) is 5.73 Å². The van der Waals surface area contributed by atoms with Crippen molar-refractivity contribution in [2.24, 2.45) is 11.7 Å². The van der Waals surface area contributed by atoms with Crippen molar-refractivity contribution >= 4 is 11.8 Å². The first-order chi connectivity index (χ1) is 9.99. The van der Waals surface area contributed by atoms with Crippen LogP contribution in [0.15, 0.2) is 18.2 Å². The molecule has 0 bridgehead atoms. The van der Waals surface area contributed by atoms with Gasteiger partial charge >= 0.3 is 0 Å². The van der Waals surface area contributed by atoms with E-state index in [2.05, 4.69) is 11.8 Å². The molecule has 1 aliphatic rings. The zero-order chi connectivity index (χ0) is 15.4. The van der Waals surface area contributed by atoms with Crippen LogP contribution in [0.25, 0.3) is 0 Å². The number of rotatable bonds is 2. The van der Waals surface area contributed by atoms with Crippen molar-refractivity contribution in [3.8, 4) is 11.8 Å². The van der Waals surface area contributed by atoms with Gasteiger partial charge in [0.15, 0.2) is 0 Å². The highest BCUT2D eigenvalue weighted by Gasteiger charge is 2.30. The molecule has 4 nitrogen and oxygen atoms in total. The molecule has 1 heterocycles. The highest BCUT2D eigenvalue weighted by atomic mass is 19.1. The number of piperidine rings is 1. The van der Waals surface area contributed by atoms with Gasteiger partial charge in [-0.1, -0.05) is 18.8 Å². The lowest BCUT2D eigenvalue weighted by molar-refractivity contribution is -0.150. The van der Waals surface area contributed by atoms with Gasteiger partial charge in [-0.2, -0.15) is 0 Å².